The first-order valence-corrected chi connectivity index (χ1v) is 8.85. The SMILES string of the molecule is O=C1CCC(=O)C2CC3CCC4C(=O)OC(=O)C4CC3CCC12. The van der Waals surface area contributed by atoms with Crippen molar-refractivity contribution in [1.29, 1.82) is 0 Å². The molecule has 1 aliphatic heterocycles. The Hall–Kier alpha value is -1.52. The quantitative estimate of drug-likeness (QED) is 0.505. The number of ether oxygens (including phenoxy) is 1. The van der Waals surface area contributed by atoms with Crippen LogP contribution in [0.25, 0.3) is 0 Å². The summed E-state index contributed by atoms with van der Waals surface area (Å²) in [4.78, 5) is 48.3. The van der Waals surface area contributed by atoms with E-state index in [0.29, 0.717) is 37.5 Å². The van der Waals surface area contributed by atoms with E-state index in [9.17, 15) is 19.2 Å². The molecular formula is C18H22O5. The van der Waals surface area contributed by atoms with Gasteiger partial charge in [0.25, 0.3) is 0 Å². The van der Waals surface area contributed by atoms with Crippen molar-refractivity contribution in [3.8, 4) is 0 Å². The molecule has 0 spiro atoms. The summed E-state index contributed by atoms with van der Waals surface area (Å²) in [6, 6.07) is 0. The van der Waals surface area contributed by atoms with E-state index in [1.165, 1.54) is 0 Å². The summed E-state index contributed by atoms with van der Waals surface area (Å²) >= 11 is 0. The number of hydrogen-bond donors (Lipinski definition) is 0. The smallest absolute Gasteiger partial charge is 0.317 e. The lowest BCUT2D eigenvalue weighted by molar-refractivity contribution is -0.154. The molecule has 1 saturated heterocycles. The highest BCUT2D eigenvalue weighted by molar-refractivity contribution is 5.97. The summed E-state index contributed by atoms with van der Waals surface area (Å²) in [5.74, 6) is -0.357. The molecule has 124 valence electrons. The lowest BCUT2D eigenvalue weighted by Crippen LogP contribution is -2.35. The zero-order valence-corrected chi connectivity index (χ0v) is 13.2. The number of fused-ring (bicyclic) bond motifs is 3. The van der Waals surface area contributed by atoms with Gasteiger partial charge in [0, 0.05) is 24.7 Å². The molecule has 0 amide bonds. The predicted octanol–water partition coefficient (Wildman–Crippen LogP) is 2.07. The van der Waals surface area contributed by atoms with Crippen molar-refractivity contribution in [2.24, 2.45) is 35.5 Å². The molecule has 23 heavy (non-hydrogen) atoms. The molecule has 3 saturated carbocycles. The van der Waals surface area contributed by atoms with Crippen LogP contribution in [0.15, 0.2) is 0 Å². The highest BCUT2D eigenvalue weighted by Gasteiger charge is 2.50. The highest BCUT2D eigenvalue weighted by Crippen LogP contribution is 2.48. The molecule has 0 aromatic carbocycles. The van der Waals surface area contributed by atoms with Crippen LogP contribution < -0.4 is 0 Å². The van der Waals surface area contributed by atoms with Crippen molar-refractivity contribution < 1.29 is 23.9 Å². The summed E-state index contributed by atoms with van der Waals surface area (Å²) in [6.07, 6.45) is 5.43. The van der Waals surface area contributed by atoms with E-state index in [4.69, 9.17) is 4.74 Å². The maximum Gasteiger partial charge on any atom is 0.317 e. The van der Waals surface area contributed by atoms with Crippen LogP contribution in [0.4, 0.5) is 0 Å². The minimum Gasteiger partial charge on any atom is -0.393 e. The minimum absolute atomic E-state index is 0.101. The molecule has 1 heterocycles. The first-order chi connectivity index (χ1) is 11.0. The predicted molar refractivity (Wildman–Crippen MR) is 79.0 cm³/mol. The van der Waals surface area contributed by atoms with Crippen LogP contribution in [0.1, 0.15) is 51.4 Å². The van der Waals surface area contributed by atoms with Crippen LogP contribution in [0.3, 0.4) is 0 Å². The number of carbonyl (C=O) groups is 4. The number of cyclic esters (lactones) is 2. The Kier molecular flexibility index (Phi) is 3.62. The lowest BCUT2D eigenvalue weighted by Gasteiger charge is -2.29. The number of Topliss-reactive ketones (excluding diaryl/α,β-unsaturated/α-hetero) is 2. The van der Waals surface area contributed by atoms with Crippen molar-refractivity contribution in [3.05, 3.63) is 0 Å². The van der Waals surface area contributed by atoms with Gasteiger partial charge in [0.15, 0.2) is 0 Å². The normalized spacial score (nSPS) is 43.8. The van der Waals surface area contributed by atoms with Crippen LogP contribution >= 0.6 is 0 Å². The molecule has 0 aromatic rings. The van der Waals surface area contributed by atoms with E-state index >= 15 is 0 Å². The van der Waals surface area contributed by atoms with E-state index in [1.807, 2.05) is 0 Å². The number of esters is 2. The van der Waals surface area contributed by atoms with Crippen LogP contribution in [-0.2, 0) is 23.9 Å². The Bertz CT molecular complexity index is 580. The van der Waals surface area contributed by atoms with Gasteiger partial charge in [-0.25, -0.2) is 0 Å². The summed E-state index contributed by atoms with van der Waals surface area (Å²) in [5.41, 5.74) is 0. The molecule has 3 aliphatic carbocycles. The van der Waals surface area contributed by atoms with Gasteiger partial charge in [0.2, 0.25) is 0 Å². The molecule has 4 fully saturated rings. The van der Waals surface area contributed by atoms with Crippen molar-refractivity contribution >= 4 is 23.5 Å². The maximum atomic E-state index is 12.3. The van der Waals surface area contributed by atoms with Crippen LogP contribution in [0.2, 0.25) is 0 Å². The molecule has 0 bridgehead atoms. The molecule has 4 aliphatic rings. The Morgan fingerprint density at radius 3 is 1.83 bits per heavy atom. The number of hydrogen-bond acceptors (Lipinski definition) is 5. The van der Waals surface area contributed by atoms with Gasteiger partial charge in [0.05, 0.1) is 11.8 Å². The van der Waals surface area contributed by atoms with Gasteiger partial charge in [-0.05, 0) is 50.4 Å². The zero-order valence-electron chi connectivity index (χ0n) is 13.2. The van der Waals surface area contributed by atoms with E-state index in [1.54, 1.807) is 0 Å². The molecule has 0 N–H and O–H groups in total. The molecule has 4 rings (SSSR count). The second-order valence-corrected chi connectivity index (χ2v) is 7.74. The maximum absolute atomic E-state index is 12.3. The first kappa shape index (κ1) is 15.0. The van der Waals surface area contributed by atoms with Crippen LogP contribution in [0, 0.1) is 35.5 Å². The third kappa shape index (κ3) is 2.45. The van der Waals surface area contributed by atoms with E-state index in [-0.39, 0.29) is 47.2 Å². The third-order valence-electron chi connectivity index (χ3n) is 6.70. The molecule has 0 aromatic heterocycles. The van der Waals surface area contributed by atoms with Crippen LogP contribution in [0.5, 0.6) is 0 Å². The van der Waals surface area contributed by atoms with Gasteiger partial charge >= 0.3 is 11.9 Å². The summed E-state index contributed by atoms with van der Waals surface area (Å²) in [6.45, 7) is 0. The van der Waals surface area contributed by atoms with Gasteiger partial charge in [-0.3, -0.25) is 19.2 Å². The monoisotopic (exact) mass is 318 g/mol. The Morgan fingerprint density at radius 1 is 0.609 bits per heavy atom. The van der Waals surface area contributed by atoms with Crippen molar-refractivity contribution in [3.63, 3.8) is 0 Å². The fourth-order valence-electron chi connectivity index (χ4n) is 5.41. The number of ketones is 2. The van der Waals surface area contributed by atoms with Gasteiger partial charge in [-0.2, -0.15) is 0 Å². The second-order valence-electron chi connectivity index (χ2n) is 7.74. The molecule has 5 heteroatoms. The highest BCUT2D eigenvalue weighted by atomic mass is 16.6. The van der Waals surface area contributed by atoms with E-state index in [0.717, 1.165) is 25.7 Å². The van der Waals surface area contributed by atoms with Gasteiger partial charge < -0.3 is 4.74 Å². The average molecular weight is 318 g/mol. The lowest BCUT2D eigenvalue weighted by atomic mass is 9.73. The van der Waals surface area contributed by atoms with Gasteiger partial charge in [-0.1, -0.05) is 0 Å². The van der Waals surface area contributed by atoms with E-state index in [2.05, 4.69) is 0 Å². The van der Waals surface area contributed by atoms with Crippen LogP contribution in [-0.4, -0.2) is 23.5 Å². The third-order valence-corrected chi connectivity index (χ3v) is 6.70. The Morgan fingerprint density at radius 2 is 1.13 bits per heavy atom. The fraction of sp³-hybridized carbons (Fsp3) is 0.778. The van der Waals surface area contributed by atoms with E-state index < -0.39 is 0 Å². The van der Waals surface area contributed by atoms with Crippen molar-refractivity contribution in [2.45, 2.75) is 51.4 Å². The molecular weight excluding hydrogens is 296 g/mol. The first-order valence-electron chi connectivity index (χ1n) is 8.85. The summed E-state index contributed by atoms with van der Waals surface area (Å²) in [5, 5.41) is 0. The number of carbonyl (C=O) groups excluding carboxylic acids is 4. The second kappa shape index (κ2) is 5.53. The van der Waals surface area contributed by atoms with Gasteiger partial charge in [-0.15, -0.1) is 0 Å². The number of rotatable bonds is 0. The van der Waals surface area contributed by atoms with Crippen molar-refractivity contribution in [2.75, 3.05) is 0 Å². The molecule has 5 nitrogen and oxygen atoms in total. The average Bonchev–Trinajstić information content (AvgIpc) is 2.70. The summed E-state index contributed by atoms with van der Waals surface area (Å²) in [7, 11) is 0. The largest absolute Gasteiger partial charge is 0.393 e. The Labute approximate surface area is 135 Å². The topological polar surface area (TPSA) is 77.5 Å². The zero-order chi connectivity index (χ0) is 16.1. The summed E-state index contributed by atoms with van der Waals surface area (Å²) < 4.78 is 4.82. The standard InChI is InChI=1S/C18H22O5/c19-15-5-6-16(20)13-7-9-2-4-12-14(18(22)23-17(12)21)8-10(9)1-3-11(13)15/h9-14H,1-8H2. The molecule has 6 unspecified atom stereocenters. The molecule has 0 radical (unpaired) electrons. The minimum atomic E-state index is -0.366. The Balaban J connectivity index is 1.57. The van der Waals surface area contributed by atoms with Crippen molar-refractivity contribution in [1.82, 2.24) is 0 Å². The fourth-order valence-corrected chi connectivity index (χ4v) is 5.41. The van der Waals surface area contributed by atoms with Gasteiger partial charge in [0.1, 0.15) is 11.6 Å². The molecule has 6 atom stereocenters.